The van der Waals surface area contributed by atoms with Gasteiger partial charge in [-0.3, -0.25) is 14.4 Å². The second-order valence-electron chi connectivity index (χ2n) is 7.56. The molecule has 0 spiro atoms. The van der Waals surface area contributed by atoms with Crippen LogP contribution in [0.15, 0.2) is 42.5 Å². The summed E-state index contributed by atoms with van der Waals surface area (Å²) in [7, 11) is 1.27. The van der Waals surface area contributed by atoms with E-state index in [1.807, 2.05) is 0 Å². The van der Waals surface area contributed by atoms with Crippen LogP contribution in [0.2, 0.25) is 0 Å². The van der Waals surface area contributed by atoms with E-state index in [0.29, 0.717) is 18.4 Å². The third-order valence-corrected chi connectivity index (χ3v) is 4.99. The van der Waals surface area contributed by atoms with Crippen molar-refractivity contribution in [2.24, 2.45) is 5.73 Å². The van der Waals surface area contributed by atoms with Crippen LogP contribution in [0, 0.1) is 0 Å². The van der Waals surface area contributed by atoms with Crippen LogP contribution in [0.25, 0.3) is 0 Å². The van der Waals surface area contributed by atoms with Crippen molar-refractivity contribution in [2.75, 3.05) is 7.11 Å². The number of nitrogens with two attached hydrogens (primary N) is 1. The molecule has 11 heteroatoms. The summed E-state index contributed by atoms with van der Waals surface area (Å²) in [5.74, 6) is -1.94. The van der Waals surface area contributed by atoms with E-state index >= 15 is 0 Å². The van der Waals surface area contributed by atoms with Crippen LogP contribution in [-0.4, -0.2) is 30.4 Å². The molecular formula is C22H22F3N3O5. The number of alkyl halides is 3. The summed E-state index contributed by atoms with van der Waals surface area (Å²) in [4.78, 5) is 35.0. The molecule has 1 saturated carbocycles. The van der Waals surface area contributed by atoms with Crippen LogP contribution >= 0.6 is 0 Å². The lowest BCUT2D eigenvalue weighted by molar-refractivity contribution is -0.138. The van der Waals surface area contributed by atoms with E-state index in [-0.39, 0.29) is 23.8 Å². The molecule has 176 valence electrons. The van der Waals surface area contributed by atoms with Crippen LogP contribution < -0.4 is 25.8 Å². The van der Waals surface area contributed by atoms with Gasteiger partial charge in [-0.1, -0.05) is 12.1 Å². The van der Waals surface area contributed by atoms with E-state index in [2.05, 4.69) is 10.6 Å². The van der Waals surface area contributed by atoms with E-state index in [0.717, 1.165) is 6.07 Å². The molecule has 0 bridgehead atoms. The monoisotopic (exact) mass is 465 g/mol. The van der Waals surface area contributed by atoms with Gasteiger partial charge in [0.15, 0.2) is 0 Å². The van der Waals surface area contributed by atoms with E-state index in [1.165, 1.54) is 31.4 Å². The average Bonchev–Trinajstić information content (AvgIpc) is 3.52. The van der Waals surface area contributed by atoms with Gasteiger partial charge in [-0.05, 0) is 48.7 Å². The first-order chi connectivity index (χ1) is 15.5. The Kier molecular flexibility index (Phi) is 6.80. The number of halogens is 3. The number of amides is 3. The predicted molar refractivity (Wildman–Crippen MR) is 110 cm³/mol. The van der Waals surface area contributed by atoms with E-state index in [1.54, 1.807) is 12.1 Å². The quantitative estimate of drug-likeness (QED) is 0.492. The number of nitrogens with one attached hydrogen (secondary N) is 2. The number of ether oxygens (including phenoxy) is 2. The first-order valence-corrected chi connectivity index (χ1v) is 9.92. The third-order valence-electron chi connectivity index (χ3n) is 4.99. The fourth-order valence-corrected chi connectivity index (χ4v) is 3.10. The van der Waals surface area contributed by atoms with Gasteiger partial charge in [0.1, 0.15) is 34.8 Å². The highest BCUT2D eigenvalue weighted by Gasteiger charge is 2.51. The molecule has 2 aromatic carbocycles. The standard InChI is InChI=1S/C22H22F3N3O5/c1-32-15-6-7-17(16(10-15)22(23,24)25)33-14-4-2-13(3-5-14)12-27-20(31)21(8-9-21)28-19(30)11-18(26)29/h2-7,10H,8-9,11-12H2,1H3,(H2,26,29)(H,27,31)(H,28,30). The van der Waals surface area contributed by atoms with Gasteiger partial charge in [0, 0.05) is 6.54 Å². The van der Waals surface area contributed by atoms with Crippen molar-refractivity contribution in [3.05, 3.63) is 53.6 Å². The molecule has 3 amide bonds. The van der Waals surface area contributed by atoms with Crippen LogP contribution in [0.4, 0.5) is 13.2 Å². The van der Waals surface area contributed by atoms with Crippen LogP contribution in [-0.2, 0) is 27.1 Å². The minimum absolute atomic E-state index is 0.0556. The van der Waals surface area contributed by atoms with Crippen LogP contribution in [0.1, 0.15) is 30.4 Å². The highest BCUT2D eigenvalue weighted by atomic mass is 19.4. The Balaban J connectivity index is 1.60. The van der Waals surface area contributed by atoms with E-state index in [4.69, 9.17) is 15.2 Å². The second-order valence-corrected chi connectivity index (χ2v) is 7.56. The molecule has 1 aliphatic rings. The normalized spacial score (nSPS) is 14.2. The summed E-state index contributed by atoms with van der Waals surface area (Å²) in [6.45, 7) is 0.128. The molecule has 1 fully saturated rings. The van der Waals surface area contributed by atoms with E-state index in [9.17, 15) is 27.6 Å². The summed E-state index contributed by atoms with van der Waals surface area (Å²) in [5, 5.41) is 5.22. The van der Waals surface area contributed by atoms with Crippen LogP contribution in [0.5, 0.6) is 17.2 Å². The fraction of sp³-hybridized carbons (Fsp3) is 0.318. The lowest BCUT2D eigenvalue weighted by Gasteiger charge is -2.17. The summed E-state index contributed by atoms with van der Waals surface area (Å²) < 4.78 is 50.2. The lowest BCUT2D eigenvalue weighted by atomic mass is 10.1. The zero-order valence-corrected chi connectivity index (χ0v) is 17.6. The van der Waals surface area contributed by atoms with Crippen molar-refractivity contribution in [3.63, 3.8) is 0 Å². The summed E-state index contributed by atoms with van der Waals surface area (Å²) in [6.07, 6.45) is -4.24. The molecule has 2 aromatic rings. The molecule has 1 aliphatic carbocycles. The maximum atomic E-state index is 13.3. The molecule has 0 atom stereocenters. The van der Waals surface area contributed by atoms with Gasteiger partial charge in [0.25, 0.3) is 0 Å². The molecule has 8 nitrogen and oxygen atoms in total. The topological polar surface area (TPSA) is 120 Å². The minimum atomic E-state index is -4.63. The molecule has 0 unspecified atom stereocenters. The van der Waals surface area contributed by atoms with Gasteiger partial charge >= 0.3 is 6.18 Å². The van der Waals surface area contributed by atoms with Crippen molar-refractivity contribution in [3.8, 4) is 17.2 Å². The molecule has 0 saturated heterocycles. The number of hydrogen-bond acceptors (Lipinski definition) is 5. The van der Waals surface area contributed by atoms with Gasteiger partial charge < -0.3 is 25.8 Å². The van der Waals surface area contributed by atoms with Crippen molar-refractivity contribution in [1.29, 1.82) is 0 Å². The summed E-state index contributed by atoms with van der Waals surface area (Å²) >= 11 is 0. The van der Waals surface area contributed by atoms with Gasteiger partial charge in [-0.15, -0.1) is 0 Å². The molecule has 3 rings (SSSR count). The Morgan fingerprint density at radius 1 is 1.06 bits per heavy atom. The highest BCUT2D eigenvalue weighted by molar-refractivity contribution is 6.00. The molecule has 0 aliphatic heterocycles. The van der Waals surface area contributed by atoms with Crippen LogP contribution in [0.3, 0.4) is 0 Å². The maximum Gasteiger partial charge on any atom is 0.420 e. The average molecular weight is 465 g/mol. The first-order valence-electron chi connectivity index (χ1n) is 9.92. The number of methoxy groups -OCH3 is 1. The van der Waals surface area contributed by atoms with Gasteiger partial charge in [-0.25, -0.2) is 0 Å². The number of primary amides is 1. The summed E-state index contributed by atoms with van der Waals surface area (Å²) in [5.41, 5.74) is 3.63. The fourth-order valence-electron chi connectivity index (χ4n) is 3.10. The van der Waals surface area contributed by atoms with Crippen molar-refractivity contribution < 1.29 is 37.0 Å². The van der Waals surface area contributed by atoms with Gasteiger partial charge in [-0.2, -0.15) is 13.2 Å². The molecule has 33 heavy (non-hydrogen) atoms. The Morgan fingerprint density at radius 2 is 1.70 bits per heavy atom. The molecule has 0 heterocycles. The molecular weight excluding hydrogens is 443 g/mol. The molecule has 0 aromatic heterocycles. The van der Waals surface area contributed by atoms with Gasteiger partial charge in [0.2, 0.25) is 17.7 Å². The Hall–Kier alpha value is -3.76. The zero-order valence-electron chi connectivity index (χ0n) is 17.6. The smallest absolute Gasteiger partial charge is 0.420 e. The maximum absolute atomic E-state index is 13.3. The Morgan fingerprint density at radius 3 is 2.24 bits per heavy atom. The number of carbonyl (C=O) groups is 3. The number of hydrogen-bond donors (Lipinski definition) is 3. The summed E-state index contributed by atoms with van der Waals surface area (Å²) in [6, 6.07) is 9.55. The predicted octanol–water partition coefficient (Wildman–Crippen LogP) is 2.65. The van der Waals surface area contributed by atoms with E-state index < -0.39 is 41.4 Å². The van der Waals surface area contributed by atoms with Gasteiger partial charge in [0.05, 0.1) is 7.11 Å². The molecule has 4 N–H and O–H groups in total. The first kappa shape index (κ1) is 23.9. The Bertz CT molecular complexity index is 1050. The van der Waals surface area contributed by atoms with Crippen molar-refractivity contribution in [1.82, 2.24) is 10.6 Å². The number of benzene rings is 2. The SMILES string of the molecule is COc1ccc(Oc2ccc(CNC(=O)C3(NC(=O)CC(N)=O)CC3)cc2)c(C(F)(F)F)c1. The highest BCUT2D eigenvalue weighted by Crippen LogP contribution is 2.40. The second kappa shape index (κ2) is 9.39. The third kappa shape index (κ3) is 6.15. The lowest BCUT2D eigenvalue weighted by Crippen LogP contribution is -2.49. The number of rotatable bonds is 9. The Labute approximate surface area is 187 Å². The largest absolute Gasteiger partial charge is 0.497 e. The van der Waals surface area contributed by atoms with Crippen molar-refractivity contribution >= 4 is 17.7 Å². The molecule has 0 radical (unpaired) electrons. The zero-order chi connectivity index (χ0) is 24.2. The van der Waals surface area contributed by atoms with Crippen molar-refractivity contribution in [2.45, 2.75) is 37.5 Å². The number of carbonyl (C=O) groups excluding carboxylic acids is 3. The minimum Gasteiger partial charge on any atom is -0.497 e.